The molecule has 2 atom stereocenters. The monoisotopic (exact) mass is 178 g/mol. The Bertz CT molecular complexity index is 322. The van der Waals surface area contributed by atoms with Crippen LogP contribution in [-0.4, -0.2) is 18.3 Å². The second-order valence-corrected chi connectivity index (χ2v) is 3.69. The number of ether oxygens (including phenoxy) is 1. The lowest BCUT2D eigenvalue weighted by Crippen LogP contribution is -2.34. The average molecular weight is 178 g/mol. The van der Waals surface area contributed by atoms with Crippen molar-refractivity contribution < 1.29 is 9.84 Å². The summed E-state index contributed by atoms with van der Waals surface area (Å²) in [5, 5.41) is 9.84. The van der Waals surface area contributed by atoms with Crippen LogP contribution in [0, 0.1) is 0 Å². The second kappa shape index (κ2) is 2.82. The molecule has 1 aliphatic carbocycles. The fraction of sp³-hybridized carbons (Fsp3) is 0.455. The number of aliphatic hydroxyl groups is 1. The standard InChI is InChI=1S/C11H14O2/c1-11(13-2)9-6-4-3-5-8(9)7-10(11)12/h3-6,10,12H,7H2,1-2H3/t10-,11-/m1/s1. The topological polar surface area (TPSA) is 29.5 Å². The van der Waals surface area contributed by atoms with Crippen molar-refractivity contribution in [2.75, 3.05) is 7.11 Å². The minimum atomic E-state index is -0.517. The zero-order valence-corrected chi connectivity index (χ0v) is 7.95. The fourth-order valence-electron chi connectivity index (χ4n) is 2.01. The summed E-state index contributed by atoms with van der Waals surface area (Å²) in [5.74, 6) is 0. The maximum absolute atomic E-state index is 9.84. The first kappa shape index (κ1) is 8.73. The highest BCUT2D eigenvalue weighted by Crippen LogP contribution is 2.38. The van der Waals surface area contributed by atoms with E-state index < -0.39 is 11.7 Å². The number of aliphatic hydroxyl groups excluding tert-OH is 1. The second-order valence-electron chi connectivity index (χ2n) is 3.69. The van der Waals surface area contributed by atoms with Gasteiger partial charge in [-0.15, -0.1) is 0 Å². The van der Waals surface area contributed by atoms with Gasteiger partial charge >= 0.3 is 0 Å². The van der Waals surface area contributed by atoms with E-state index in [1.54, 1.807) is 7.11 Å². The molecule has 1 aromatic rings. The first-order valence-corrected chi connectivity index (χ1v) is 4.50. The van der Waals surface area contributed by atoms with Crippen molar-refractivity contribution in [3.8, 4) is 0 Å². The van der Waals surface area contributed by atoms with Crippen molar-refractivity contribution >= 4 is 0 Å². The summed E-state index contributed by atoms with van der Waals surface area (Å²) in [7, 11) is 1.64. The summed E-state index contributed by atoms with van der Waals surface area (Å²) in [6.07, 6.45) is 0.274. The van der Waals surface area contributed by atoms with Crippen LogP contribution in [0.1, 0.15) is 18.1 Å². The number of methoxy groups -OCH3 is 1. The number of benzene rings is 1. The van der Waals surface area contributed by atoms with Gasteiger partial charge in [0.25, 0.3) is 0 Å². The molecule has 1 aliphatic rings. The lowest BCUT2D eigenvalue weighted by Gasteiger charge is -2.27. The minimum absolute atomic E-state index is 0.421. The van der Waals surface area contributed by atoms with Gasteiger partial charge in [-0.2, -0.15) is 0 Å². The predicted octanol–water partition coefficient (Wildman–Crippen LogP) is 1.47. The van der Waals surface area contributed by atoms with Crippen LogP contribution in [-0.2, 0) is 16.8 Å². The van der Waals surface area contributed by atoms with Gasteiger partial charge in [0.05, 0.1) is 6.10 Å². The van der Waals surface area contributed by atoms with Crippen molar-refractivity contribution in [2.45, 2.75) is 25.0 Å². The summed E-state index contributed by atoms with van der Waals surface area (Å²) < 4.78 is 5.39. The first-order valence-electron chi connectivity index (χ1n) is 4.50. The van der Waals surface area contributed by atoms with Gasteiger partial charge in [0.1, 0.15) is 5.60 Å². The van der Waals surface area contributed by atoms with E-state index in [1.165, 1.54) is 5.56 Å². The van der Waals surface area contributed by atoms with Gasteiger partial charge in [-0.1, -0.05) is 24.3 Å². The summed E-state index contributed by atoms with van der Waals surface area (Å²) >= 11 is 0. The molecule has 70 valence electrons. The van der Waals surface area contributed by atoms with E-state index in [0.29, 0.717) is 6.42 Å². The molecule has 0 saturated heterocycles. The van der Waals surface area contributed by atoms with Crippen molar-refractivity contribution in [1.82, 2.24) is 0 Å². The maximum Gasteiger partial charge on any atom is 0.116 e. The number of rotatable bonds is 1. The van der Waals surface area contributed by atoms with Gasteiger partial charge in [-0.25, -0.2) is 0 Å². The molecule has 0 amide bonds. The van der Waals surface area contributed by atoms with Gasteiger partial charge in [-0.3, -0.25) is 0 Å². The van der Waals surface area contributed by atoms with E-state index >= 15 is 0 Å². The molecule has 13 heavy (non-hydrogen) atoms. The number of hydrogen-bond acceptors (Lipinski definition) is 2. The van der Waals surface area contributed by atoms with Crippen molar-refractivity contribution in [2.24, 2.45) is 0 Å². The molecule has 2 nitrogen and oxygen atoms in total. The van der Waals surface area contributed by atoms with Crippen LogP contribution in [0.2, 0.25) is 0 Å². The Balaban J connectivity index is 2.52. The van der Waals surface area contributed by atoms with Crippen molar-refractivity contribution in [1.29, 1.82) is 0 Å². The molecular weight excluding hydrogens is 164 g/mol. The van der Waals surface area contributed by atoms with E-state index in [9.17, 15) is 5.11 Å². The van der Waals surface area contributed by atoms with E-state index in [2.05, 4.69) is 0 Å². The minimum Gasteiger partial charge on any atom is -0.389 e. The Hall–Kier alpha value is -0.860. The normalized spacial score (nSPS) is 31.8. The summed E-state index contributed by atoms with van der Waals surface area (Å²) in [6.45, 7) is 1.93. The van der Waals surface area contributed by atoms with Crippen molar-refractivity contribution in [3.05, 3.63) is 35.4 Å². The Morgan fingerprint density at radius 2 is 2.15 bits per heavy atom. The van der Waals surface area contributed by atoms with Crippen LogP contribution in [0.4, 0.5) is 0 Å². The zero-order valence-electron chi connectivity index (χ0n) is 7.95. The SMILES string of the molecule is CO[C@]1(C)c2ccccc2C[C@H]1O. The summed E-state index contributed by atoms with van der Waals surface area (Å²) in [4.78, 5) is 0. The third-order valence-corrected chi connectivity index (χ3v) is 3.03. The molecule has 0 aromatic heterocycles. The van der Waals surface area contributed by atoms with Crippen LogP contribution in [0.5, 0.6) is 0 Å². The van der Waals surface area contributed by atoms with Gasteiger partial charge in [0.15, 0.2) is 0 Å². The van der Waals surface area contributed by atoms with Gasteiger partial charge in [0.2, 0.25) is 0 Å². The van der Waals surface area contributed by atoms with E-state index in [1.807, 2.05) is 31.2 Å². The van der Waals surface area contributed by atoms with Crippen LogP contribution in [0.25, 0.3) is 0 Å². The fourth-order valence-corrected chi connectivity index (χ4v) is 2.01. The Morgan fingerprint density at radius 3 is 2.85 bits per heavy atom. The van der Waals surface area contributed by atoms with Crippen LogP contribution in [0.15, 0.2) is 24.3 Å². The third kappa shape index (κ3) is 1.10. The predicted molar refractivity (Wildman–Crippen MR) is 50.5 cm³/mol. The van der Waals surface area contributed by atoms with Gasteiger partial charge in [-0.05, 0) is 18.1 Å². The maximum atomic E-state index is 9.84. The highest BCUT2D eigenvalue weighted by atomic mass is 16.5. The molecule has 2 heteroatoms. The van der Waals surface area contributed by atoms with Crippen LogP contribution >= 0.6 is 0 Å². The van der Waals surface area contributed by atoms with Gasteiger partial charge < -0.3 is 9.84 Å². The van der Waals surface area contributed by atoms with Crippen LogP contribution in [0.3, 0.4) is 0 Å². The molecule has 1 N–H and O–H groups in total. The molecule has 0 saturated carbocycles. The van der Waals surface area contributed by atoms with E-state index in [-0.39, 0.29) is 0 Å². The molecule has 0 aliphatic heterocycles. The number of hydrogen-bond donors (Lipinski definition) is 1. The Labute approximate surface area is 78.2 Å². The van der Waals surface area contributed by atoms with E-state index in [4.69, 9.17) is 4.74 Å². The summed E-state index contributed by atoms with van der Waals surface area (Å²) in [5.41, 5.74) is 1.79. The smallest absolute Gasteiger partial charge is 0.116 e. The average Bonchev–Trinajstić information content (AvgIpc) is 2.41. The third-order valence-electron chi connectivity index (χ3n) is 3.03. The molecule has 1 aromatic carbocycles. The Kier molecular flexibility index (Phi) is 1.90. The molecule has 2 rings (SSSR count). The van der Waals surface area contributed by atoms with E-state index in [0.717, 1.165) is 5.56 Å². The molecule has 0 bridgehead atoms. The van der Waals surface area contributed by atoms with Crippen molar-refractivity contribution in [3.63, 3.8) is 0 Å². The zero-order chi connectivity index (χ0) is 9.47. The number of fused-ring (bicyclic) bond motifs is 1. The largest absolute Gasteiger partial charge is 0.389 e. The molecular formula is C11H14O2. The highest BCUT2D eigenvalue weighted by Gasteiger charge is 2.42. The first-order chi connectivity index (χ1) is 6.18. The molecule has 0 heterocycles. The van der Waals surface area contributed by atoms with Crippen LogP contribution < -0.4 is 0 Å². The lowest BCUT2D eigenvalue weighted by molar-refractivity contribution is -0.0837. The summed E-state index contributed by atoms with van der Waals surface area (Å²) in [6, 6.07) is 8.04. The molecule has 0 radical (unpaired) electrons. The quantitative estimate of drug-likeness (QED) is 0.705. The highest BCUT2D eigenvalue weighted by molar-refractivity contribution is 5.38. The molecule has 0 fully saturated rings. The molecule has 0 unspecified atom stereocenters. The lowest BCUT2D eigenvalue weighted by atomic mass is 9.96. The van der Waals surface area contributed by atoms with Gasteiger partial charge in [0, 0.05) is 13.5 Å². The molecule has 0 spiro atoms. The Morgan fingerprint density at radius 1 is 1.46 bits per heavy atom.